The Morgan fingerprint density at radius 2 is 1.77 bits per heavy atom. The second-order valence-corrected chi connectivity index (χ2v) is 7.84. The summed E-state index contributed by atoms with van der Waals surface area (Å²) < 4.78 is 47.2. The Labute approximate surface area is 154 Å². The Hall–Kier alpha value is -1.93. The fourth-order valence-corrected chi connectivity index (χ4v) is 4.73. The summed E-state index contributed by atoms with van der Waals surface area (Å²) in [6.45, 7) is 8.96. The van der Waals surface area contributed by atoms with E-state index in [1.54, 1.807) is 30.7 Å². The highest BCUT2D eigenvalue weighted by molar-refractivity contribution is 7.89. The van der Waals surface area contributed by atoms with Gasteiger partial charge in [-0.3, -0.25) is 4.68 Å². The first-order chi connectivity index (χ1) is 12.3. The maximum atomic E-state index is 12.9. The van der Waals surface area contributed by atoms with Crippen LogP contribution in [0.2, 0.25) is 0 Å². The topological polar surface area (TPSA) is 64.4 Å². The van der Waals surface area contributed by atoms with Crippen LogP contribution in [-0.2, 0) is 16.6 Å². The molecule has 0 amide bonds. The highest BCUT2D eigenvalue weighted by Crippen LogP contribution is 2.23. The van der Waals surface area contributed by atoms with E-state index in [-0.39, 0.29) is 5.82 Å². The van der Waals surface area contributed by atoms with Crippen molar-refractivity contribution in [1.29, 1.82) is 0 Å². The largest absolute Gasteiger partial charge is 0.494 e. The minimum Gasteiger partial charge on any atom is -0.494 e. The molecule has 0 aliphatic rings. The molecule has 0 fully saturated rings. The molecular weight excluding hydrogens is 357 g/mol. The molecule has 6 nitrogen and oxygen atoms in total. The van der Waals surface area contributed by atoms with Gasteiger partial charge in [-0.15, -0.1) is 0 Å². The SMILES string of the molecule is CCN(CC)S(=O)(=O)c1c(C)nn(CCCOc2ccc(F)cc2)c1C. The summed E-state index contributed by atoms with van der Waals surface area (Å²) in [6.07, 6.45) is 0.657. The number of aryl methyl sites for hydroxylation is 2. The van der Waals surface area contributed by atoms with Crippen molar-refractivity contribution in [1.82, 2.24) is 14.1 Å². The molecule has 0 saturated carbocycles. The van der Waals surface area contributed by atoms with Crippen molar-refractivity contribution in [2.75, 3.05) is 19.7 Å². The number of sulfonamides is 1. The van der Waals surface area contributed by atoms with Gasteiger partial charge in [-0.2, -0.15) is 9.40 Å². The fraction of sp³-hybridized carbons (Fsp3) is 0.500. The first-order valence-electron chi connectivity index (χ1n) is 8.73. The molecule has 0 unspecified atom stereocenters. The Morgan fingerprint density at radius 1 is 1.15 bits per heavy atom. The second kappa shape index (κ2) is 8.64. The molecule has 1 aromatic carbocycles. The number of ether oxygens (including phenoxy) is 1. The quantitative estimate of drug-likeness (QED) is 0.624. The van der Waals surface area contributed by atoms with Crippen molar-refractivity contribution >= 4 is 10.0 Å². The Bertz CT molecular complexity index is 828. The molecule has 0 aliphatic heterocycles. The zero-order valence-corrected chi connectivity index (χ0v) is 16.5. The van der Waals surface area contributed by atoms with Crippen LogP contribution in [0.3, 0.4) is 0 Å². The molecule has 0 saturated heterocycles. The summed E-state index contributed by atoms with van der Waals surface area (Å²) in [5.74, 6) is 0.298. The molecule has 144 valence electrons. The van der Waals surface area contributed by atoms with Gasteiger partial charge in [0.15, 0.2) is 0 Å². The van der Waals surface area contributed by atoms with E-state index in [1.807, 2.05) is 13.8 Å². The Kier molecular flexibility index (Phi) is 6.77. The Morgan fingerprint density at radius 3 is 2.35 bits per heavy atom. The minimum absolute atomic E-state index is 0.292. The predicted octanol–water partition coefficient (Wildman–Crippen LogP) is 3.14. The molecule has 0 N–H and O–H groups in total. The third-order valence-corrected chi connectivity index (χ3v) is 6.52. The summed E-state index contributed by atoms with van der Waals surface area (Å²) in [7, 11) is -3.54. The van der Waals surface area contributed by atoms with E-state index < -0.39 is 10.0 Å². The molecule has 1 aromatic heterocycles. The van der Waals surface area contributed by atoms with Gasteiger partial charge in [0.25, 0.3) is 0 Å². The molecule has 2 aromatic rings. The lowest BCUT2D eigenvalue weighted by Gasteiger charge is -2.18. The number of rotatable bonds is 9. The van der Waals surface area contributed by atoms with Crippen molar-refractivity contribution in [3.8, 4) is 5.75 Å². The first-order valence-corrected chi connectivity index (χ1v) is 10.2. The summed E-state index contributed by atoms with van der Waals surface area (Å²) in [6, 6.07) is 5.85. The van der Waals surface area contributed by atoms with Crippen LogP contribution < -0.4 is 4.74 Å². The molecule has 26 heavy (non-hydrogen) atoms. The third-order valence-electron chi connectivity index (χ3n) is 4.22. The van der Waals surface area contributed by atoms with Gasteiger partial charge in [-0.1, -0.05) is 13.8 Å². The van der Waals surface area contributed by atoms with Crippen LogP contribution in [0, 0.1) is 19.7 Å². The van der Waals surface area contributed by atoms with Crippen LogP contribution >= 0.6 is 0 Å². The van der Waals surface area contributed by atoms with Crippen molar-refractivity contribution in [3.05, 3.63) is 41.5 Å². The summed E-state index contributed by atoms with van der Waals surface area (Å²) in [4.78, 5) is 0.292. The van der Waals surface area contributed by atoms with E-state index >= 15 is 0 Å². The molecule has 0 bridgehead atoms. The van der Waals surface area contributed by atoms with E-state index in [0.29, 0.717) is 54.7 Å². The second-order valence-electron chi connectivity index (χ2n) is 5.97. The number of aromatic nitrogens is 2. The summed E-state index contributed by atoms with van der Waals surface area (Å²) in [5.41, 5.74) is 1.14. The normalized spacial score (nSPS) is 11.9. The zero-order valence-electron chi connectivity index (χ0n) is 15.7. The molecule has 0 aliphatic carbocycles. The van der Waals surface area contributed by atoms with Gasteiger partial charge in [0.2, 0.25) is 10.0 Å². The Balaban J connectivity index is 2.04. The van der Waals surface area contributed by atoms with Crippen LogP contribution in [0.1, 0.15) is 31.7 Å². The third kappa shape index (κ3) is 4.42. The van der Waals surface area contributed by atoms with Crippen LogP contribution in [0.5, 0.6) is 5.75 Å². The van der Waals surface area contributed by atoms with Gasteiger partial charge >= 0.3 is 0 Å². The van der Waals surface area contributed by atoms with Crippen LogP contribution in [0.15, 0.2) is 29.2 Å². The van der Waals surface area contributed by atoms with E-state index in [4.69, 9.17) is 4.74 Å². The molecular formula is C18H26FN3O3S. The van der Waals surface area contributed by atoms with E-state index in [2.05, 4.69) is 5.10 Å². The number of hydrogen-bond donors (Lipinski definition) is 0. The highest BCUT2D eigenvalue weighted by Gasteiger charge is 2.29. The standard InChI is InChI=1S/C18H26FN3O3S/c1-5-21(6-2)26(23,24)18-14(3)20-22(15(18)4)12-7-13-25-17-10-8-16(19)9-11-17/h8-11H,5-7,12-13H2,1-4H3. The molecule has 0 spiro atoms. The van der Waals surface area contributed by atoms with Gasteiger partial charge in [0.05, 0.1) is 18.0 Å². The fourth-order valence-electron chi connectivity index (χ4n) is 2.90. The minimum atomic E-state index is -3.54. The van der Waals surface area contributed by atoms with Gasteiger partial charge in [-0.25, -0.2) is 12.8 Å². The predicted molar refractivity (Wildman–Crippen MR) is 98.3 cm³/mol. The van der Waals surface area contributed by atoms with E-state index in [9.17, 15) is 12.8 Å². The maximum absolute atomic E-state index is 12.9. The number of nitrogens with zero attached hydrogens (tertiary/aromatic N) is 3. The molecule has 2 rings (SSSR count). The smallest absolute Gasteiger partial charge is 0.246 e. The number of hydrogen-bond acceptors (Lipinski definition) is 4. The van der Waals surface area contributed by atoms with Crippen LogP contribution in [0.4, 0.5) is 4.39 Å². The lowest BCUT2D eigenvalue weighted by atomic mass is 10.3. The lowest BCUT2D eigenvalue weighted by Crippen LogP contribution is -2.31. The number of benzene rings is 1. The van der Waals surface area contributed by atoms with Gasteiger partial charge < -0.3 is 4.74 Å². The van der Waals surface area contributed by atoms with Gasteiger partial charge in [0, 0.05) is 26.1 Å². The van der Waals surface area contributed by atoms with Crippen molar-refractivity contribution in [2.45, 2.75) is 45.6 Å². The first kappa shape index (κ1) is 20.4. The maximum Gasteiger partial charge on any atom is 0.246 e. The summed E-state index contributed by atoms with van der Waals surface area (Å²) >= 11 is 0. The van der Waals surface area contributed by atoms with Gasteiger partial charge in [0.1, 0.15) is 16.5 Å². The average molecular weight is 383 g/mol. The summed E-state index contributed by atoms with van der Waals surface area (Å²) in [5, 5.41) is 4.39. The number of halogens is 1. The van der Waals surface area contributed by atoms with E-state index in [0.717, 1.165) is 0 Å². The monoisotopic (exact) mass is 383 g/mol. The lowest BCUT2D eigenvalue weighted by molar-refractivity contribution is 0.297. The molecule has 0 atom stereocenters. The van der Waals surface area contributed by atoms with Crippen LogP contribution in [-0.4, -0.2) is 42.2 Å². The molecule has 8 heteroatoms. The van der Waals surface area contributed by atoms with Crippen molar-refractivity contribution in [2.24, 2.45) is 0 Å². The molecule has 1 heterocycles. The van der Waals surface area contributed by atoms with Crippen LogP contribution in [0.25, 0.3) is 0 Å². The van der Waals surface area contributed by atoms with Crippen molar-refractivity contribution < 1.29 is 17.5 Å². The molecule has 0 radical (unpaired) electrons. The van der Waals surface area contributed by atoms with E-state index in [1.165, 1.54) is 16.4 Å². The average Bonchev–Trinajstić information content (AvgIpc) is 2.88. The highest BCUT2D eigenvalue weighted by atomic mass is 32.2. The zero-order chi connectivity index (χ0) is 19.3. The van der Waals surface area contributed by atoms with Crippen molar-refractivity contribution in [3.63, 3.8) is 0 Å². The van der Waals surface area contributed by atoms with Gasteiger partial charge in [-0.05, 0) is 38.1 Å².